The smallest absolute Gasteiger partial charge is 0.141 e. The number of aryl methyl sites for hydroxylation is 2. The Bertz CT molecular complexity index is 562. The first-order chi connectivity index (χ1) is 9.54. The van der Waals surface area contributed by atoms with Gasteiger partial charge in [-0.3, -0.25) is 4.98 Å². The van der Waals surface area contributed by atoms with Crippen LogP contribution >= 0.6 is 0 Å². The van der Waals surface area contributed by atoms with Crippen molar-refractivity contribution in [3.05, 3.63) is 58.9 Å². The molecule has 3 nitrogen and oxygen atoms in total. The van der Waals surface area contributed by atoms with Gasteiger partial charge in [0.15, 0.2) is 0 Å². The number of pyridine rings is 1. The zero-order valence-corrected chi connectivity index (χ0v) is 12.4. The second-order valence-electron chi connectivity index (χ2n) is 5.35. The van der Waals surface area contributed by atoms with E-state index in [0.29, 0.717) is 6.61 Å². The molecular weight excluding hydrogens is 248 g/mol. The van der Waals surface area contributed by atoms with Crippen LogP contribution in [-0.2, 0) is 13.0 Å². The van der Waals surface area contributed by atoms with Gasteiger partial charge >= 0.3 is 0 Å². The van der Waals surface area contributed by atoms with Gasteiger partial charge < -0.3 is 10.5 Å². The molecule has 0 amide bonds. The maximum atomic E-state index is 5.90. The van der Waals surface area contributed by atoms with Crippen molar-refractivity contribution in [1.29, 1.82) is 0 Å². The molecule has 2 aromatic rings. The van der Waals surface area contributed by atoms with Crippen molar-refractivity contribution >= 4 is 0 Å². The number of hydrogen-bond acceptors (Lipinski definition) is 3. The zero-order chi connectivity index (χ0) is 14.5. The molecule has 2 N–H and O–H groups in total. The zero-order valence-electron chi connectivity index (χ0n) is 12.4. The minimum Gasteiger partial charge on any atom is -0.487 e. The number of nitrogens with zero attached hydrogens (tertiary/aromatic N) is 1. The molecule has 0 saturated heterocycles. The summed E-state index contributed by atoms with van der Waals surface area (Å²) < 4.78 is 5.90. The van der Waals surface area contributed by atoms with Crippen LogP contribution in [0.1, 0.15) is 29.4 Å². The Morgan fingerprint density at radius 3 is 2.45 bits per heavy atom. The SMILES string of the molecule is Cc1ccc(COc2ccc(C)nc2CC(C)N)cc1. The molecule has 0 bridgehead atoms. The Morgan fingerprint density at radius 1 is 1.10 bits per heavy atom. The highest BCUT2D eigenvalue weighted by molar-refractivity contribution is 5.30. The highest BCUT2D eigenvalue weighted by atomic mass is 16.5. The van der Waals surface area contributed by atoms with E-state index in [1.807, 2.05) is 26.0 Å². The second kappa shape index (κ2) is 6.53. The van der Waals surface area contributed by atoms with E-state index in [2.05, 4.69) is 36.2 Å². The lowest BCUT2D eigenvalue weighted by Crippen LogP contribution is -2.19. The largest absolute Gasteiger partial charge is 0.487 e. The van der Waals surface area contributed by atoms with Gasteiger partial charge in [-0.1, -0.05) is 29.8 Å². The van der Waals surface area contributed by atoms with Crippen LogP contribution in [0.25, 0.3) is 0 Å². The Morgan fingerprint density at radius 2 is 1.80 bits per heavy atom. The topological polar surface area (TPSA) is 48.1 Å². The second-order valence-corrected chi connectivity index (χ2v) is 5.35. The Kier molecular flexibility index (Phi) is 4.74. The van der Waals surface area contributed by atoms with Gasteiger partial charge in [0.05, 0.1) is 5.69 Å². The predicted octanol–water partition coefficient (Wildman–Crippen LogP) is 3.17. The molecule has 3 heteroatoms. The first-order valence-corrected chi connectivity index (χ1v) is 6.95. The van der Waals surface area contributed by atoms with Crippen LogP contribution in [0.5, 0.6) is 5.75 Å². The summed E-state index contributed by atoms with van der Waals surface area (Å²) in [6, 6.07) is 12.4. The van der Waals surface area contributed by atoms with E-state index in [0.717, 1.165) is 29.1 Å². The fraction of sp³-hybridized carbons (Fsp3) is 0.353. The molecule has 0 radical (unpaired) electrons. The van der Waals surface area contributed by atoms with Crippen LogP contribution in [0.15, 0.2) is 36.4 Å². The molecule has 0 aliphatic heterocycles. The maximum absolute atomic E-state index is 5.90. The van der Waals surface area contributed by atoms with E-state index in [-0.39, 0.29) is 6.04 Å². The quantitative estimate of drug-likeness (QED) is 0.907. The highest BCUT2D eigenvalue weighted by Gasteiger charge is 2.08. The van der Waals surface area contributed by atoms with E-state index >= 15 is 0 Å². The molecule has 1 unspecified atom stereocenters. The summed E-state index contributed by atoms with van der Waals surface area (Å²) in [5.41, 5.74) is 10.2. The molecule has 0 aliphatic carbocycles. The number of nitrogens with two attached hydrogens (primary N) is 1. The molecule has 1 heterocycles. The number of ether oxygens (including phenoxy) is 1. The maximum Gasteiger partial charge on any atom is 0.141 e. The Labute approximate surface area is 120 Å². The van der Waals surface area contributed by atoms with Gasteiger partial charge in [0.2, 0.25) is 0 Å². The summed E-state index contributed by atoms with van der Waals surface area (Å²) in [6.07, 6.45) is 0.727. The summed E-state index contributed by atoms with van der Waals surface area (Å²) in [5, 5.41) is 0. The average Bonchev–Trinajstić information content (AvgIpc) is 2.39. The number of hydrogen-bond donors (Lipinski definition) is 1. The van der Waals surface area contributed by atoms with E-state index in [1.54, 1.807) is 0 Å². The first kappa shape index (κ1) is 14.5. The lowest BCUT2D eigenvalue weighted by molar-refractivity contribution is 0.300. The van der Waals surface area contributed by atoms with Gasteiger partial charge in [-0.05, 0) is 38.5 Å². The van der Waals surface area contributed by atoms with Gasteiger partial charge in [0.1, 0.15) is 12.4 Å². The highest BCUT2D eigenvalue weighted by Crippen LogP contribution is 2.20. The molecule has 1 aromatic carbocycles. The minimum atomic E-state index is 0.0750. The van der Waals surface area contributed by atoms with Crippen LogP contribution < -0.4 is 10.5 Å². The molecule has 0 aliphatic rings. The fourth-order valence-corrected chi connectivity index (χ4v) is 2.03. The van der Waals surface area contributed by atoms with Crippen molar-refractivity contribution < 1.29 is 4.74 Å². The summed E-state index contributed by atoms with van der Waals surface area (Å²) in [7, 11) is 0. The van der Waals surface area contributed by atoms with Gasteiger partial charge in [0, 0.05) is 18.2 Å². The fourth-order valence-electron chi connectivity index (χ4n) is 2.03. The third kappa shape index (κ3) is 4.07. The van der Waals surface area contributed by atoms with Gasteiger partial charge in [-0.2, -0.15) is 0 Å². The Balaban J connectivity index is 2.10. The summed E-state index contributed by atoms with van der Waals surface area (Å²) in [4.78, 5) is 4.53. The Hall–Kier alpha value is -1.87. The number of benzene rings is 1. The van der Waals surface area contributed by atoms with E-state index in [1.165, 1.54) is 5.56 Å². The molecule has 0 saturated carbocycles. The van der Waals surface area contributed by atoms with Crippen molar-refractivity contribution in [2.45, 2.75) is 39.8 Å². The summed E-state index contributed by atoms with van der Waals surface area (Å²) in [6.45, 7) is 6.59. The van der Waals surface area contributed by atoms with Crippen LogP contribution in [0.2, 0.25) is 0 Å². The van der Waals surface area contributed by atoms with Gasteiger partial charge in [-0.15, -0.1) is 0 Å². The van der Waals surface area contributed by atoms with E-state index in [4.69, 9.17) is 10.5 Å². The van der Waals surface area contributed by atoms with E-state index < -0.39 is 0 Å². The monoisotopic (exact) mass is 270 g/mol. The molecule has 0 spiro atoms. The molecule has 1 atom stereocenters. The van der Waals surface area contributed by atoms with Crippen molar-refractivity contribution in [3.63, 3.8) is 0 Å². The molecule has 106 valence electrons. The molecule has 2 rings (SSSR count). The van der Waals surface area contributed by atoms with Crippen molar-refractivity contribution in [2.24, 2.45) is 5.73 Å². The van der Waals surface area contributed by atoms with Crippen molar-refractivity contribution in [2.75, 3.05) is 0 Å². The number of rotatable bonds is 5. The number of aromatic nitrogens is 1. The average molecular weight is 270 g/mol. The standard InChI is InChI=1S/C17H22N2O/c1-12-4-7-15(8-5-12)11-20-17-9-6-14(3)19-16(17)10-13(2)18/h4-9,13H,10-11,18H2,1-3H3. The third-order valence-electron chi connectivity index (χ3n) is 3.10. The van der Waals surface area contributed by atoms with E-state index in [9.17, 15) is 0 Å². The predicted molar refractivity (Wildman–Crippen MR) is 81.8 cm³/mol. The van der Waals surface area contributed by atoms with Crippen LogP contribution in [0.4, 0.5) is 0 Å². The van der Waals surface area contributed by atoms with Crippen LogP contribution in [0, 0.1) is 13.8 Å². The molecule has 20 heavy (non-hydrogen) atoms. The molecule has 0 fully saturated rings. The van der Waals surface area contributed by atoms with Crippen molar-refractivity contribution in [1.82, 2.24) is 4.98 Å². The van der Waals surface area contributed by atoms with Crippen LogP contribution in [-0.4, -0.2) is 11.0 Å². The summed E-state index contributed by atoms with van der Waals surface area (Å²) >= 11 is 0. The molecular formula is C17H22N2O. The molecule has 1 aromatic heterocycles. The third-order valence-corrected chi connectivity index (χ3v) is 3.10. The minimum absolute atomic E-state index is 0.0750. The first-order valence-electron chi connectivity index (χ1n) is 6.95. The van der Waals surface area contributed by atoms with Crippen molar-refractivity contribution in [3.8, 4) is 5.75 Å². The lowest BCUT2D eigenvalue weighted by atomic mass is 10.1. The van der Waals surface area contributed by atoms with Gasteiger partial charge in [0.25, 0.3) is 0 Å². The van der Waals surface area contributed by atoms with Gasteiger partial charge in [-0.25, -0.2) is 0 Å². The van der Waals surface area contributed by atoms with Crippen LogP contribution in [0.3, 0.4) is 0 Å². The lowest BCUT2D eigenvalue weighted by Gasteiger charge is -2.13. The summed E-state index contributed by atoms with van der Waals surface area (Å²) in [5.74, 6) is 0.827. The normalized spacial score (nSPS) is 12.2.